The maximum Gasteiger partial charge on any atom is 0.211 e. The number of aliphatic hydroxyl groups is 1. The second kappa shape index (κ2) is 6.91. The highest BCUT2D eigenvalue weighted by Crippen LogP contribution is 2.22. The summed E-state index contributed by atoms with van der Waals surface area (Å²) in [6.07, 6.45) is 3.01. The molecule has 2 heterocycles. The maximum absolute atomic E-state index is 11.6. The second-order valence-electron chi connectivity index (χ2n) is 5.59. The molecule has 0 aliphatic carbocycles. The van der Waals surface area contributed by atoms with Crippen molar-refractivity contribution in [3.05, 3.63) is 23.7 Å². The normalized spacial score (nSPS) is 24.3. The van der Waals surface area contributed by atoms with E-state index in [0.717, 1.165) is 18.6 Å². The Hall–Kier alpha value is -0.890. The molecule has 1 fully saturated rings. The summed E-state index contributed by atoms with van der Waals surface area (Å²) < 4.78 is 30.3. The van der Waals surface area contributed by atoms with Gasteiger partial charge in [-0.2, -0.15) is 0 Å². The summed E-state index contributed by atoms with van der Waals surface area (Å²) in [4.78, 5) is 0. The molecule has 7 heteroatoms. The summed E-state index contributed by atoms with van der Waals surface area (Å²) in [6.45, 7) is 3.73. The Morgan fingerprint density at radius 1 is 1.43 bits per heavy atom. The van der Waals surface area contributed by atoms with E-state index in [0.29, 0.717) is 31.3 Å². The van der Waals surface area contributed by atoms with Crippen LogP contribution in [0.25, 0.3) is 0 Å². The lowest BCUT2D eigenvalue weighted by molar-refractivity contribution is 0.197. The fourth-order valence-electron chi connectivity index (χ4n) is 2.82. The lowest BCUT2D eigenvalue weighted by Gasteiger charge is -2.37. The molecule has 120 valence electrons. The van der Waals surface area contributed by atoms with E-state index < -0.39 is 10.0 Å². The van der Waals surface area contributed by atoms with Gasteiger partial charge in [-0.25, -0.2) is 12.7 Å². The molecular formula is C14H24N2O4S. The predicted octanol–water partition coefficient (Wildman–Crippen LogP) is 0.922. The standard InChI is InChI=1S/C14H24N2O4S/c1-3-11-9-16(21(2,18)19)7-6-14(11)15-8-12-4-5-13(10-17)20-12/h4-5,11,14-15,17H,3,6-10H2,1-2H3/t11-,14-/m1/s1. The smallest absolute Gasteiger partial charge is 0.211 e. The highest BCUT2D eigenvalue weighted by Gasteiger charge is 2.31. The summed E-state index contributed by atoms with van der Waals surface area (Å²) >= 11 is 0. The van der Waals surface area contributed by atoms with Gasteiger partial charge in [0.1, 0.15) is 18.1 Å². The SMILES string of the molecule is CC[C@@H]1CN(S(C)(=O)=O)CC[C@H]1NCc1ccc(CO)o1. The first-order valence-electron chi connectivity index (χ1n) is 7.31. The lowest BCUT2D eigenvalue weighted by atomic mass is 9.91. The summed E-state index contributed by atoms with van der Waals surface area (Å²) in [7, 11) is -3.10. The van der Waals surface area contributed by atoms with Crippen LogP contribution in [-0.4, -0.2) is 43.2 Å². The topological polar surface area (TPSA) is 82.8 Å². The van der Waals surface area contributed by atoms with Crippen molar-refractivity contribution in [1.29, 1.82) is 0 Å². The molecule has 1 aliphatic heterocycles. The molecule has 2 N–H and O–H groups in total. The maximum atomic E-state index is 11.6. The number of nitrogens with zero attached hydrogens (tertiary/aromatic N) is 1. The number of nitrogens with one attached hydrogen (secondary N) is 1. The minimum atomic E-state index is -3.10. The van der Waals surface area contributed by atoms with Gasteiger partial charge in [0.15, 0.2) is 0 Å². The first kappa shape index (κ1) is 16.5. The van der Waals surface area contributed by atoms with Gasteiger partial charge in [0, 0.05) is 19.1 Å². The number of hydrogen-bond acceptors (Lipinski definition) is 5. The van der Waals surface area contributed by atoms with Crippen LogP contribution in [0.5, 0.6) is 0 Å². The van der Waals surface area contributed by atoms with Crippen molar-refractivity contribution < 1.29 is 17.9 Å². The molecule has 0 unspecified atom stereocenters. The predicted molar refractivity (Wildman–Crippen MR) is 80.1 cm³/mol. The Morgan fingerprint density at radius 2 is 2.14 bits per heavy atom. The van der Waals surface area contributed by atoms with E-state index >= 15 is 0 Å². The van der Waals surface area contributed by atoms with Crippen LogP contribution in [0.3, 0.4) is 0 Å². The Morgan fingerprint density at radius 3 is 2.71 bits per heavy atom. The van der Waals surface area contributed by atoms with Gasteiger partial charge in [-0.3, -0.25) is 0 Å². The monoisotopic (exact) mass is 316 g/mol. The van der Waals surface area contributed by atoms with Crippen LogP contribution in [-0.2, 0) is 23.2 Å². The van der Waals surface area contributed by atoms with Crippen LogP contribution in [0.1, 0.15) is 31.3 Å². The van der Waals surface area contributed by atoms with Gasteiger partial charge in [0.25, 0.3) is 0 Å². The number of furan rings is 1. The van der Waals surface area contributed by atoms with E-state index in [9.17, 15) is 8.42 Å². The Kier molecular flexibility index (Phi) is 5.43. The van der Waals surface area contributed by atoms with Crippen LogP contribution in [0.2, 0.25) is 0 Å². The third-order valence-corrected chi connectivity index (χ3v) is 5.37. The third kappa shape index (κ3) is 4.29. The molecule has 0 aromatic carbocycles. The second-order valence-corrected chi connectivity index (χ2v) is 7.57. The van der Waals surface area contributed by atoms with Crippen molar-refractivity contribution in [1.82, 2.24) is 9.62 Å². The van der Waals surface area contributed by atoms with Crippen molar-refractivity contribution in [2.24, 2.45) is 5.92 Å². The molecule has 21 heavy (non-hydrogen) atoms. The van der Waals surface area contributed by atoms with Crippen LogP contribution < -0.4 is 5.32 Å². The quantitative estimate of drug-likeness (QED) is 0.815. The first-order chi connectivity index (χ1) is 9.94. The van der Waals surface area contributed by atoms with Gasteiger partial charge in [0.2, 0.25) is 10.0 Å². The number of aliphatic hydroxyl groups excluding tert-OH is 1. The average molecular weight is 316 g/mol. The van der Waals surface area contributed by atoms with Gasteiger partial charge in [0.05, 0.1) is 12.8 Å². The third-order valence-electron chi connectivity index (χ3n) is 4.10. The fourth-order valence-corrected chi connectivity index (χ4v) is 3.72. The first-order valence-corrected chi connectivity index (χ1v) is 9.15. The molecule has 6 nitrogen and oxygen atoms in total. The number of rotatable bonds is 6. The number of sulfonamides is 1. The van der Waals surface area contributed by atoms with Crippen LogP contribution >= 0.6 is 0 Å². The van der Waals surface area contributed by atoms with Gasteiger partial charge in [-0.1, -0.05) is 13.3 Å². The van der Waals surface area contributed by atoms with Crippen molar-refractivity contribution in [3.8, 4) is 0 Å². The van der Waals surface area contributed by atoms with Crippen molar-refractivity contribution in [2.45, 2.75) is 39.0 Å². The molecule has 0 bridgehead atoms. The van der Waals surface area contributed by atoms with Gasteiger partial charge in [-0.05, 0) is 24.5 Å². The zero-order valence-corrected chi connectivity index (χ0v) is 13.4. The summed E-state index contributed by atoms with van der Waals surface area (Å²) in [5.74, 6) is 1.66. The van der Waals surface area contributed by atoms with Crippen molar-refractivity contribution >= 4 is 10.0 Å². The highest BCUT2D eigenvalue weighted by molar-refractivity contribution is 7.88. The van der Waals surface area contributed by atoms with Gasteiger partial charge >= 0.3 is 0 Å². The highest BCUT2D eigenvalue weighted by atomic mass is 32.2. The Labute approximate surface area is 126 Å². The van der Waals surface area contributed by atoms with Crippen LogP contribution in [0.4, 0.5) is 0 Å². The Bertz CT molecular complexity index is 555. The minimum Gasteiger partial charge on any atom is -0.462 e. The van der Waals surface area contributed by atoms with Crippen molar-refractivity contribution in [3.63, 3.8) is 0 Å². The zero-order chi connectivity index (χ0) is 15.5. The molecule has 1 saturated heterocycles. The summed E-state index contributed by atoms with van der Waals surface area (Å²) in [5.41, 5.74) is 0. The van der Waals surface area contributed by atoms with Gasteiger partial charge < -0.3 is 14.8 Å². The van der Waals surface area contributed by atoms with E-state index in [4.69, 9.17) is 9.52 Å². The van der Waals surface area contributed by atoms with E-state index in [1.165, 1.54) is 6.26 Å². The summed E-state index contributed by atoms with van der Waals surface area (Å²) in [5, 5.41) is 12.4. The molecule has 0 spiro atoms. The van der Waals surface area contributed by atoms with Crippen LogP contribution in [0.15, 0.2) is 16.5 Å². The zero-order valence-electron chi connectivity index (χ0n) is 12.6. The fraction of sp³-hybridized carbons (Fsp3) is 0.714. The molecule has 1 aromatic heterocycles. The number of piperidine rings is 1. The molecule has 1 aromatic rings. The minimum absolute atomic E-state index is 0.0929. The van der Waals surface area contributed by atoms with E-state index in [1.807, 2.05) is 6.07 Å². The molecular weight excluding hydrogens is 292 g/mol. The molecule has 0 radical (unpaired) electrons. The molecule has 0 saturated carbocycles. The van der Waals surface area contributed by atoms with Crippen LogP contribution in [0, 0.1) is 5.92 Å². The number of hydrogen-bond donors (Lipinski definition) is 2. The Balaban J connectivity index is 1.91. The molecule has 1 aliphatic rings. The molecule has 2 rings (SSSR count). The van der Waals surface area contributed by atoms with E-state index in [-0.39, 0.29) is 12.6 Å². The van der Waals surface area contributed by atoms with E-state index in [2.05, 4.69) is 12.2 Å². The van der Waals surface area contributed by atoms with Gasteiger partial charge in [-0.15, -0.1) is 0 Å². The largest absolute Gasteiger partial charge is 0.462 e. The van der Waals surface area contributed by atoms with Crippen molar-refractivity contribution in [2.75, 3.05) is 19.3 Å². The molecule has 0 amide bonds. The lowest BCUT2D eigenvalue weighted by Crippen LogP contribution is -2.50. The molecule has 2 atom stereocenters. The van der Waals surface area contributed by atoms with E-state index in [1.54, 1.807) is 10.4 Å². The average Bonchev–Trinajstić information content (AvgIpc) is 2.92. The summed E-state index contributed by atoms with van der Waals surface area (Å²) in [6, 6.07) is 3.90.